The van der Waals surface area contributed by atoms with Gasteiger partial charge in [-0.15, -0.1) is 0 Å². The largest absolute Gasteiger partial charge is 0.389 e. The molecule has 1 aromatic heterocycles. The van der Waals surface area contributed by atoms with Gasteiger partial charge in [-0.05, 0) is 43.1 Å². The van der Waals surface area contributed by atoms with Crippen molar-refractivity contribution in [3.63, 3.8) is 0 Å². The molecule has 0 radical (unpaired) electrons. The lowest BCUT2D eigenvalue weighted by Crippen LogP contribution is -1.89. The third-order valence-electron chi connectivity index (χ3n) is 2.08. The van der Waals surface area contributed by atoms with Crippen LogP contribution in [0.4, 0.5) is 0 Å². The molecular weight excluding hydrogens is 240 g/mol. The number of rotatable bonds is 3. The zero-order valence-corrected chi connectivity index (χ0v) is 10.7. The molecule has 0 fully saturated rings. The summed E-state index contributed by atoms with van der Waals surface area (Å²) in [5.41, 5.74) is 0.929. The van der Waals surface area contributed by atoms with Gasteiger partial charge in [0.05, 0.1) is 6.10 Å². The Labute approximate surface area is 103 Å². The maximum atomic E-state index is 9.38. The predicted molar refractivity (Wildman–Crippen MR) is 65.8 cm³/mol. The van der Waals surface area contributed by atoms with Gasteiger partial charge in [-0.3, -0.25) is 0 Å². The molecule has 3 nitrogen and oxygen atoms in total. The summed E-state index contributed by atoms with van der Waals surface area (Å²) in [6.07, 6.45) is -0.414. The van der Waals surface area contributed by atoms with Crippen molar-refractivity contribution < 1.29 is 5.11 Å². The third kappa shape index (κ3) is 2.81. The number of aryl methyl sites for hydroxylation is 1. The Balaban J connectivity index is 2.11. The lowest BCUT2D eigenvalue weighted by molar-refractivity contribution is 0.199. The van der Waals surface area contributed by atoms with E-state index in [-0.39, 0.29) is 0 Å². The monoisotopic (exact) mass is 252 g/mol. The van der Waals surface area contributed by atoms with Crippen LogP contribution in [-0.4, -0.2) is 14.5 Å². The molecule has 0 aliphatic rings. The Kier molecular flexibility index (Phi) is 3.58. The van der Waals surface area contributed by atoms with Gasteiger partial charge in [-0.1, -0.05) is 23.9 Å². The molecule has 0 amide bonds. The van der Waals surface area contributed by atoms with E-state index < -0.39 is 6.10 Å². The lowest BCUT2D eigenvalue weighted by Gasteiger charge is -2.04. The van der Waals surface area contributed by atoms with Crippen molar-refractivity contribution in [1.82, 2.24) is 9.36 Å². The molecule has 1 aromatic carbocycles. The van der Waals surface area contributed by atoms with E-state index in [4.69, 9.17) is 0 Å². The quantitative estimate of drug-likeness (QED) is 0.912. The molecule has 1 atom stereocenters. The molecule has 0 saturated heterocycles. The SMILES string of the molecule is Cc1nsc(Sc2ccc([C@H](C)O)cc2)n1. The smallest absolute Gasteiger partial charge is 0.174 e. The van der Waals surface area contributed by atoms with Crippen molar-refractivity contribution in [1.29, 1.82) is 0 Å². The first-order valence-electron chi connectivity index (χ1n) is 4.91. The Morgan fingerprint density at radius 3 is 2.50 bits per heavy atom. The van der Waals surface area contributed by atoms with Crippen LogP contribution in [0, 0.1) is 6.92 Å². The zero-order chi connectivity index (χ0) is 11.5. The van der Waals surface area contributed by atoms with E-state index in [1.807, 2.05) is 31.2 Å². The number of aromatic nitrogens is 2. The van der Waals surface area contributed by atoms with E-state index in [2.05, 4.69) is 9.36 Å². The fourth-order valence-corrected chi connectivity index (χ4v) is 2.86. The number of aliphatic hydroxyl groups is 1. The molecule has 1 N–H and O–H groups in total. The van der Waals surface area contributed by atoms with Gasteiger partial charge >= 0.3 is 0 Å². The predicted octanol–water partition coefficient (Wildman–Crippen LogP) is 3.05. The molecule has 0 saturated carbocycles. The molecule has 16 heavy (non-hydrogen) atoms. The van der Waals surface area contributed by atoms with Crippen molar-refractivity contribution >= 4 is 23.3 Å². The maximum Gasteiger partial charge on any atom is 0.174 e. The van der Waals surface area contributed by atoms with E-state index in [1.165, 1.54) is 11.5 Å². The summed E-state index contributed by atoms with van der Waals surface area (Å²) in [6.45, 7) is 3.65. The van der Waals surface area contributed by atoms with Crippen molar-refractivity contribution in [3.8, 4) is 0 Å². The molecule has 2 aromatic rings. The van der Waals surface area contributed by atoms with Crippen molar-refractivity contribution in [2.24, 2.45) is 0 Å². The number of nitrogens with zero attached hydrogens (tertiary/aromatic N) is 2. The minimum Gasteiger partial charge on any atom is -0.389 e. The molecule has 0 aliphatic carbocycles. The summed E-state index contributed by atoms with van der Waals surface area (Å²) < 4.78 is 5.07. The number of hydrogen-bond acceptors (Lipinski definition) is 5. The Hall–Kier alpha value is -0.910. The minimum atomic E-state index is -0.414. The van der Waals surface area contributed by atoms with Gasteiger partial charge in [0.25, 0.3) is 0 Å². The molecule has 0 spiro atoms. The molecule has 0 bridgehead atoms. The zero-order valence-electron chi connectivity index (χ0n) is 9.04. The van der Waals surface area contributed by atoms with Crippen LogP contribution in [0.15, 0.2) is 33.5 Å². The van der Waals surface area contributed by atoms with Crippen molar-refractivity contribution in [2.45, 2.75) is 29.2 Å². The normalized spacial score (nSPS) is 12.7. The Bertz CT molecular complexity index is 465. The van der Waals surface area contributed by atoms with Crippen LogP contribution in [0.25, 0.3) is 0 Å². The van der Waals surface area contributed by atoms with Gasteiger partial charge in [-0.2, -0.15) is 4.37 Å². The first kappa shape index (κ1) is 11.6. The first-order valence-corrected chi connectivity index (χ1v) is 6.50. The summed E-state index contributed by atoms with van der Waals surface area (Å²) in [6, 6.07) is 7.84. The van der Waals surface area contributed by atoms with Crippen LogP contribution < -0.4 is 0 Å². The van der Waals surface area contributed by atoms with Gasteiger partial charge in [-0.25, -0.2) is 4.98 Å². The standard InChI is InChI=1S/C11H12N2OS2/c1-7(14)9-3-5-10(6-4-9)15-11-12-8(2)13-16-11/h3-7,14H,1-2H3/t7-/m0/s1. The molecule has 84 valence electrons. The van der Waals surface area contributed by atoms with E-state index in [1.54, 1.807) is 18.7 Å². The molecule has 0 unspecified atom stereocenters. The highest BCUT2D eigenvalue weighted by Gasteiger charge is 2.04. The summed E-state index contributed by atoms with van der Waals surface area (Å²) in [4.78, 5) is 5.40. The highest BCUT2D eigenvalue weighted by Crippen LogP contribution is 2.29. The summed E-state index contributed by atoms with van der Waals surface area (Å²) in [5, 5.41) is 9.38. The van der Waals surface area contributed by atoms with Crippen LogP contribution in [0.1, 0.15) is 24.4 Å². The maximum absolute atomic E-state index is 9.38. The second-order valence-electron chi connectivity index (χ2n) is 3.45. The molecule has 5 heteroatoms. The van der Waals surface area contributed by atoms with Crippen molar-refractivity contribution in [2.75, 3.05) is 0 Å². The number of benzene rings is 1. The Morgan fingerprint density at radius 1 is 1.31 bits per heavy atom. The first-order chi connectivity index (χ1) is 7.65. The molecular formula is C11H12N2OS2. The van der Waals surface area contributed by atoms with Crippen LogP contribution in [0.5, 0.6) is 0 Å². The minimum absolute atomic E-state index is 0.414. The van der Waals surface area contributed by atoms with Crippen LogP contribution in [0.3, 0.4) is 0 Å². The summed E-state index contributed by atoms with van der Waals surface area (Å²) in [5.74, 6) is 0.813. The van der Waals surface area contributed by atoms with E-state index >= 15 is 0 Å². The van der Waals surface area contributed by atoms with Crippen LogP contribution in [0.2, 0.25) is 0 Å². The number of hydrogen-bond donors (Lipinski definition) is 1. The van der Waals surface area contributed by atoms with Gasteiger partial charge in [0.1, 0.15) is 5.82 Å². The Morgan fingerprint density at radius 2 is 2.00 bits per heavy atom. The second-order valence-corrected chi connectivity index (χ2v) is 5.53. The highest BCUT2D eigenvalue weighted by molar-refractivity contribution is 8.01. The topological polar surface area (TPSA) is 46.0 Å². The van der Waals surface area contributed by atoms with E-state index in [0.717, 1.165) is 20.6 Å². The second kappa shape index (κ2) is 4.95. The third-order valence-corrected chi connectivity index (χ3v) is 3.93. The fraction of sp³-hybridized carbons (Fsp3) is 0.273. The summed E-state index contributed by atoms with van der Waals surface area (Å²) in [7, 11) is 0. The van der Waals surface area contributed by atoms with Gasteiger partial charge in [0.15, 0.2) is 4.34 Å². The average Bonchev–Trinajstić information content (AvgIpc) is 2.65. The lowest BCUT2D eigenvalue weighted by atomic mass is 10.1. The average molecular weight is 252 g/mol. The molecule has 2 rings (SSSR count). The van der Waals surface area contributed by atoms with Gasteiger partial charge in [0.2, 0.25) is 0 Å². The number of aliphatic hydroxyl groups excluding tert-OH is 1. The van der Waals surface area contributed by atoms with Crippen LogP contribution in [-0.2, 0) is 0 Å². The summed E-state index contributed by atoms with van der Waals surface area (Å²) >= 11 is 3.00. The van der Waals surface area contributed by atoms with Gasteiger partial charge in [0, 0.05) is 4.90 Å². The van der Waals surface area contributed by atoms with E-state index in [0.29, 0.717) is 0 Å². The highest BCUT2D eigenvalue weighted by atomic mass is 32.2. The van der Waals surface area contributed by atoms with Crippen LogP contribution >= 0.6 is 23.3 Å². The molecule has 0 aliphatic heterocycles. The van der Waals surface area contributed by atoms with Gasteiger partial charge < -0.3 is 5.11 Å². The van der Waals surface area contributed by atoms with Crippen molar-refractivity contribution in [3.05, 3.63) is 35.7 Å². The van der Waals surface area contributed by atoms with E-state index in [9.17, 15) is 5.11 Å². The fourth-order valence-electron chi connectivity index (χ4n) is 1.23. The molecule has 1 heterocycles.